The molecule has 1 aliphatic heterocycles. The number of hydrogen-bond acceptors (Lipinski definition) is 4. The monoisotopic (exact) mass is 348 g/mol. The van der Waals surface area contributed by atoms with E-state index >= 15 is 0 Å². The molecule has 3 rings (SSSR count). The quantitative estimate of drug-likeness (QED) is 0.851. The molecule has 3 atom stereocenters. The topological polar surface area (TPSA) is 72.1 Å². The molecule has 2 heterocycles. The van der Waals surface area contributed by atoms with Crippen molar-refractivity contribution in [2.24, 2.45) is 16.6 Å². The van der Waals surface area contributed by atoms with Crippen molar-refractivity contribution in [2.45, 2.75) is 25.9 Å². The Morgan fingerprint density at radius 3 is 2.39 bits per heavy atom. The highest BCUT2D eigenvalue weighted by atomic mass is 31.0. The summed E-state index contributed by atoms with van der Waals surface area (Å²) < 4.78 is 40.1. The van der Waals surface area contributed by atoms with Gasteiger partial charge in [0.05, 0.1) is 5.41 Å². The third-order valence-electron chi connectivity index (χ3n) is 4.93. The fraction of sp³-hybridized carbons (Fsp3) is 0.643. The van der Waals surface area contributed by atoms with Crippen molar-refractivity contribution in [1.29, 1.82) is 0 Å². The predicted molar refractivity (Wildman–Crippen MR) is 84.2 cm³/mol. The summed E-state index contributed by atoms with van der Waals surface area (Å²) in [6.07, 6.45) is -3.54. The minimum absolute atomic E-state index is 0.00107. The molecular formula is C14H20F3N4OP. The third-order valence-corrected chi connectivity index (χ3v) is 4.93. The summed E-state index contributed by atoms with van der Waals surface area (Å²) in [4.78, 5) is 12.5. The number of fused-ring (bicyclic) bond motifs is 1. The molecular weight excluding hydrogens is 328 g/mol. The normalized spacial score (nSPS) is 28.7. The molecule has 1 aromatic rings. The summed E-state index contributed by atoms with van der Waals surface area (Å²) >= 11 is 0. The van der Waals surface area contributed by atoms with Gasteiger partial charge in [0.2, 0.25) is 0 Å². The van der Waals surface area contributed by atoms with Gasteiger partial charge in [-0.15, -0.1) is 19.4 Å². The van der Waals surface area contributed by atoms with E-state index in [0.29, 0.717) is 18.8 Å². The molecule has 1 aromatic heterocycles. The fourth-order valence-electron chi connectivity index (χ4n) is 3.56. The van der Waals surface area contributed by atoms with Crippen LogP contribution in [-0.2, 0) is 0 Å². The lowest BCUT2D eigenvalue weighted by atomic mass is 9.93. The molecule has 0 aromatic carbocycles. The maximum atomic E-state index is 13.4. The summed E-state index contributed by atoms with van der Waals surface area (Å²) in [5.41, 5.74) is 2.72. The van der Waals surface area contributed by atoms with Crippen molar-refractivity contribution < 1.29 is 18.0 Å². The molecule has 23 heavy (non-hydrogen) atoms. The van der Waals surface area contributed by atoms with E-state index in [1.807, 2.05) is 6.66 Å². The number of hydrogen-bond donors (Lipinski definition) is 1. The zero-order valence-electron chi connectivity index (χ0n) is 13.0. The lowest BCUT2D eigenvalue weighted by Gasteiger charge is -2.22. The maximum absolute atomic E-state index is 13.4. The summed E-state index contributed by atoms with van der Waals surface area (Å²) in [5.74, 6) is -0.362. The number of carbonyl (C=O) groups is 1. The van der Waals surface area contributed by atoms with Crippen LogP contribution in [0, 0.1) is 10.8 Å². The molecule has 2 aliphatic rings. The standard InChI is InChI=1S/C13H15F3N4O.CH5P/c1-2-11-5-12(11,13(14,15)16)7-20(6-11)9-4-3-8(10(17)21)18-19-9;1-2/h3-4H,2,5-7H2,1H3,(H2,17,21);2H2,1H3. The number of primary amides is 1. The first-order valence-corrected chi connectivity index (χ1v) is 8.43. The molecule has 2 N–H and O–H groups in total. The van der Waals surface area contributed by atoms with E-state index in [-0.39, 0.29) is 18.7 Å². The molecule has 9 heteroatoms. The van der Waals surface area contributed by atoms with Crippen molar-refractivity contribution in [3.05, 3.63) is 17.8 Å². The van der Waals surface area contributed by atoms with E-state index < -0.39 is 22.9 Å². The maximum Gasteiger partial charge on any atom is 0.396 e. The van der Waals surface area contributed by atoms with Gasteiger partial charge in [0, 0.05) is 18.5 Å². The second-order valence-corrected chi connectivity index (χ2v) is 5.89. The van der Waals surface area contributed by atoms with E-state index in [1.54, 1.807) is 11.8 Å². The number of piperidine rings is 1. The van der Waals surface area contributed by atoms with Crippen LogP contribution < -0.4 is 10.6 Å². The van der Waals surface area contributed by atoms with E-state index in [9.17, 15) is 18.0 Å². The largest absolute Gasteiger partial charge is 0.396 e. The molecule has 1 amide bonds. The van der Waals surface area contributed by atoms with Crippen molar-refractivity contribution >= 4 is 21.0 Å². The number of alkyl halides is 3. The van der Waals surface area contributed by atoms with Crippen LogP contribution in [0.2, 0.25) is 0 Å². The Hall–Kier alpha value is -1.43. The molecule has 3 unspecified atom stereocenters. The Kier molecular flexibility index (Phi) is 4.59. The first-order chi connectivity index (χ1) is 10.7. The third kappa shape index (κ3) is 2.67. The first-order valence-electron chi connectivity index (χ1n) is 7.28. The fourth-order valence-corrected chi connectivity index (χ4v) is 3.56. The zero-order chi connectivity index (χ0) is 17.5. The molecule has 5 nitrogen and oxygen atoms in total. The van der Waals surface area contributed by atoms with Crippen LogP contribution in [0.3, 0.4) is 0 Å². The van der Waals surface area contributed by atoms with Gasteiger partial charge >= 0.3 is 6.18 Å². The number of rotatable bonds is 3. The summed E-state index contributed by atoms with van der Waals surface area (Å²) in [6, 6.07) is 2.87. The Morgan fingerprint density at radius 1 is 1.35 bits per heavy atom. The van der Waals surface area contributed by atoms with Crippen LogP contribution in [0.5, 0.6) is 0 Å². The Bertz CT molecular complexity index is 595. The minimum atomic E-state index is -4.21. The smallest absolute Gasteiger partial charge is 0.364 e. The van der Waals surface area contributed by atoms with Gasteiger partial charge in [-0.25, -0.2) is 0 Å². The predicted octanol–water partition coefficient (Wildman–Crippen LogP) is 2.24. The van der Waals surface area contributed by atoms with Crippen LogP contribution in [-0.4, -0.2) is 42.0 Å². The van der Waals surface area contributed by atoms with E-state index in [0.717, 1.165) is 0 Å². The molecule has 0 radical (unpaired) electrons. The molecule has 1 saturated carbocycles. The lowest BCUT2D eigenvalue weighted by Crippen LogP contribution is -2.34. The van der Waals surface area contributed by atoms with Gasteiger partial charge in [-0.05, 0) is 25.0 Å². The number of anilines is 1. The Labute approximate surface area is 135 Å². The van der Waals surface area contributed by atoms with Crippen LogP contribution in [0.1, 0.15) is 30.3 Å². The Balaban J connectivity index is 0.000000924. The first kappa shape index (κ1) is 17.9. The van der Waals surface area contributed by atoms with Gasteiger partial charge in [0.15, 0.2) is 11.5 Å². The number of nitrogens with zero attached hydrogens (tertiary/aromatic N) is 3. The summed E-state index contributed by atoms with van der Waals surface area (Å²) in [7, 11) is 2.42. The summed E-state index contributed by atoms with van der Waals surface area (Å²) in [5, 5.41) is 7.47. The van der Waals surface area contributed by atoms with Crippen molar-refractivity contribution in [1.82, 2.24) is 10.2 Å². The van der Waals surface area contributed by atoms with Crippen molar-refractivity contribution in [3.63, 3.8) is 0 Å². The molecule has 1 saturated heterocycles. The highest BCUT2D eigenvalue weighted by Crippen LogP contribution is 2.76. The van der Waals surface area contributed by atoms with E-state index in [4.69, 9.17) is 5.73 Å². The molecule has 0 bridgehead atoms. The number of aromatic nitrogens is 2. The van der Waals surface area contributed by atoms with Gasteiger partial charge < -0.3 is 10.6 Å². The number of carbonyl (C=O) groups excluding carboxylic acids is 1. The zero-order valence-corrected chi connectivity index (χ0v) is 14.2. The van der Waals surface area contributed by atoms with Crippen LogP contribution in [0.25, 0.3) is 0 Å². The Morgan fingerprint density at radius 2 is 2.00 bits per heavy atom. The average Bonchev–Trinajstić information content (AvgIpc) is 3.07. The van der Waals surface area contributed by atoms with Gasteiger partial charge in [-0.1, -0.05) is 13.6 Å². The number of amides is 1. The number of nitrogens with two attached hydrogens (primary N) is 1. The SMILES string of the molecule is CCC12CN(c3ccc(C(N)=O)nn3)CC1(C(F)(F)F)C2.CP. The van der Waals surface area contributed by atoms with Gasteiger partial charge in [0.1, 0.15) is 0 Å². The van der Waals surface area contributed by atoms with Crippen LogP contribution >= 0.6 is 9.24 Å². The van der Waals surface area contributed by atoms with E-state index in [1.165, 1.54) is 12.1 Å². The van der Waals surface area contributed by atoms with Gasteiger partial charge in [-0.3, -0.25) is 4.79 Å². The minimum Gasteiger partial charge on any atom is -0.364 e. The summed E-state index contributed by atoms with van der Waals surface area (Å²) in [6.45, 7) is 3.92. The van der Waals surface area contributed by atoms with E-state index in [2.05, 4.69) is 19.4 Å². The van der Waals surface area contributed by atoms with Gasteiger partial charge in [-0.2, -0.15) is 13.2 Å². The second-order valence-electron chi connectivity index (χ2n) is 5.89. The highest BCUT2D eigenvalue weighted by molar-refractivity contribution is 7.15. The lowest BCUT2D eigenvalue weighted by molar-refractivity contribution is -0.190. The molecule has 2 fully saturated rings. The van der Waals surface area contributed by atoms with Crippen LogP contribution in [0.4, 0.5) is 19.0 Å². The second kappa shape index (κ2) is 5.89. The molecule has 1 aliphatic carbocycles. The van der Waals surface area contributed by atoms with Crippen LogP contribution in [0.15, 0.2) is 12.1 Å². The van der Waals surface area contributed by atoms with Crippen molar-refractivity contribution in [2.75, 3.05) is 24.7 Å². The molecule has 0 spiro atoms. The van der Waals surface area contributed by atoms with Crippen molar-refractivity contribution in [3.8, 4) is 0 Å². The highest BCUT2D eigenvalue weighted by Gasteiger charge is 2.82. The molecule has 128 valence electrons. The van der Waals surface area contributed by atoms with Gasteiger partial charge in [0.25, 0.3) is 5.91 Å². The average molecular weight is 348 g/mol. The number of halogens is 3.